The van der Waals surface area contributed by atoms with E-state index in [1.165, 1.54) is 11.3 Å². The van der Waals surface area contributed by atoms with Gasteiger partial charge in [0.25, 0.3) is 0 Å². The van der Waals surface area contributed by atoms with Crippen molar-refractivity contribution in [2.45, 2.75) is 19.8 Å². The van der Waals surface area contributed by atoms with Crippen molar-refractivity contribution in [3.05, 3.63) is 26.6 Å². The summed E-state index contributed by atoms with van der Waals surface area (Å²) in [5, 5.41) is 0. The van der Waals surface area contributed by atoms with Gasteiger partial charge in [-0.05, 0) is 28.4 Å². The molecule has 0 spiro atoms. The van der Waals surface area contributed by atoms with Crippen molar-refractivity contribution in [3.63, 3.8) is 0 Å². The van der Waals surface area contributed by atoms with Crippen LogP contribution in [0.5, 0.6) is 0 Å². The standard InChI is InChI=1S/C11H11BrClN3S/c1-2-3-6-4-9(14)16-11(15-6)8-5-7(12)10(13)17-8/h4-5H,2-3H2,1H3,(H2,14,15,16). The molecule has 2 aromatic rings. The first kappa shape index (κ1) is 12.8. The van der Waals surface area contributed by atoms with Crippen LogP contribution in [0.4, 0.5) is 5.82 Å². The Morgan fingerprint density at radius 2 is 2.18 bits per heavy atom. The second-order valence-corrected chi connectivity index (χ2v) is 6.10. The molecule has 6 heteroatoms. The van der Waals surface area contributed by atoms with Crippen LogP contribution in [0.3, 0.4) is 0 Å². The molecule has 0 bridgehead atoms. The number of anilines is 1. The summed E-state index contributed by atoms with van der Waals surface area (Å²) in [7, 11) is 0. The number of halogens is 2. The molecular weight excluding hydrogens is 322 g/mol. The normalized spacial score (nSPS) is 10.8. The number of nitrogens with two attached hydrogens (primary N) is 1. The zero-order chi connectivity index (χ0) is 12.4. The Kier molecular flexibility index (Phi) is 4.01. The summed E-state index contributed by atoms with van der Waals surface area (Å²) >= 11 is 10.8. The molecule has 0 saturated carbocycles. The lowest BCUT2D eigenvalue weighted by molar-refractivity contribution is 0.877. The summed E-state index contributed by atoms with van der Waals surface area (Å²) in [6.07, 6.45) is 1.94. The molecule has 2 heterocycles. The zero-order valence-corrected chi connectivity index (χ0v) is 12.4. The van der Waals surface area contributed by atoms with Crippen molar-refractivity contribution >= 4 is 44.7 Å². The molecule has 0 fully saturated rings. The van der Waals surface area contributed by atoms with Gasteiger partial charge in [0.15, 0.2) is 5.82 Å². The second-order valence-electron chi connectivity index (χ2n) is 3.59. The summed E-state index contributed by atoms with van der Waals surface area (Å²) < 4.78 is 1.56. The predicted octanol–water partition coefficient (Wildman–Crippen LogP) is 4.16. The molecule has 0 amide bonds. The fourth-order valence-corrected chi connectivity index (χ4v) is 3.11. The van der Waals surface area contributed by atoms with Crippen LogP contribution in [0.1, 0.15) is 19.0 Å². The number of nitrogens with zero attached hydrogens (tertiary/aromatic N) is 2. The monoisotopic (exact) mass is 331 g/mol. The van der Waals surface area contributed by atoms with Crippen molar-refractivity contribution in [1.82, 2.24) is 9.97 Å². The lowest BCUT2D eigenvalue weighted by Crippen LogP contribution is -1.99. The van der Waals surface area contributed by atoms with Crippen LogP contribution < -0.4 is 5.73 Å². The van der Waals surface area contributed by atoms with E-state index in [1.807, 2.05) is 12.1 Å². The molecule has 3 nitrogen and oxygen atoms in total. The molecule has 0 unspecified atom stereocenters. The second kappa shape index (κ2) is 5.33. The van der Waals surface area contributed by atoms with Gasteiger partial charge in [0.05, 0.1) is 4.88 Å². The third-order valence-electron chi connectivity index (χ3n) is 2.17. The van der Waals surface area contributed by atoms with Gasteiger partial charge >= 0.3 is 0 Å². The van der Waals surface area contributed by atoms with Crippen LogP contribution in [-0.2, 0) is 6.42 Å². The van der Waals surface area contributed by atoms with E-state index in [9.17, 15) is 0 Å². The molecule has 0 saturated heterocycles. The van der Waals surface area contributed by atoms with E-state index in [4.69, 9.17) is 17.3 Å². The van der Waals surface area contributed by atoms with Gasteiger partial charge in [-0.1, -0.05) is 24.9 Å². The fraction of sp³-hybridized carbons (Fsp3) is 0.273. The van der Waals surface area contributed by atoms with E-state index in [1.54, 1.807) is 0 Å². The average molecular weight is 333 g/mol. The van der Waals surface area contributed by atoms with E-state index < -0.39 is 0 Å². The summed E-state index contributed by atoms with van der Waals surface area (Å²) in [5.41, 5.74) is 6.75. The summed E-state index contributed by atoms with van der Waals surface area (Å²) in [6, 6.07) is 3.73. The number of thiophene rings is 1. The average Bonchev–Trinajstić information content (AvgIpc) is 2.59. The first-order valence-corrected chi connectivity index (χ1v) is 7.17. The first-order chi connectivity index (χ1) is 8.10. The van der Waals surface area contributed by atoms with E-state index >= 15 is 0 Å². The Hall–Kier alpha value is -0.650. The highest BCUT2D eigenvalue weighted by molar-refractivity contribution is 9.10. The molecule has 0 atom stereocenters. The van der Waals surface area contributed by atoms with Crippen LogP contribution >= 0.6 is 38.9 Å². The Bertz CT molecular complexity index is 522. The van der Waals surface area contributed by atoms with Crippen molar-refractivity contribution in [2.24, 2.45) is 0 Å². The van der Waals surface area contributed by atoms with Gasteiger partial charge in [0.1, 0.15) is 10.2 Å². The Balaban J connectivity index is 2.44. The zero-order valence-electron chi connectivity index (χ0n) is 9.20. The highest BCUT2D eigenvalue weighted by Crippen LogP contribution is 2.36. The molecule has 0 aliphatic heterocycles. The molecule has 17 heavy (non-hydrogen) atoms. The van der Waals surface area contributed by atoms with E-state index in [-0.39, 0.29) is 0 Å². The first-order valence-electron chi connectivity index (χ1n) is 5.18. The van der Waals surface area contributed by atoms with Gasteiger partial charge < -0.3 is 5.73 Å². The van der Waals surface area contributed by atoms with Crippen LogP contribution in [0.15, 0.2) is 16.6 Å². The number of rotatable bonds is 3. The summed E-state index contributed by atoms with van der Waals surface area (Å²) in [5.74, 6) is 1.14. The summed E-state index contributed by atoms with van der Waals surface area (Å²) in [6.45, 7) is 2.11. The Morgan fingerprint density at radius 3 is 2.76 bits per heavy atom. The van der Waals surface area contributed by atoms with E-state index in [2.05, 4.69) is 32.8 Å². The topological polar surface area (TPSA) is 51.8 Å². The molecule has 0 aromatic carbocycles. The molecule has 0 aliphatic carbocycles. The lowest BCUT2D eigenvalue weighted by atomic mass is 10.2. The maximum Gasteiger partial charge on any atom is 0.171 e. The number of hydrogen-bond acceptors (Lipinski definition) is 4. The molecule has 2 N–H and O–H groups in total. The fourth-order valence-electron chi connectivity index (χ4n) is 1.47. The minimum absolute atomic E-state index is 0.499. The van der Waals surface area contributed by atoms with Gasteiger partial charge in [-0.25, -0.2) is 9.97 Å². The molecule has 0 aliphatic rings. The van der Waals surface area contributed by atoms with E-state index in [0.717, 1.165) is 27.9 Å². The van der Waals surface area contributed by atoms with Crippen LogP contribution in [0, 0.1) is 0 Å². The highest BCUT2D eigenvalue weighted by atomic mass is 79.9. The van der Waals surface area contributed by atoms with Gasteiger partial charge in [-0.15, -0.1) is 11.3 Å². The van der Waals surface area contributed by atoms with Gasteiger partial charge in [-0.2, -0.15) is 0 Å². The minimum atomic E-state index is 0.499. The lowest BCUT2D eigenvalue weighted by Gasteiger charge is -2.02. The maximum atomic E-state index is 6.00. The Labute approximate surface area is 117 Å². The van der Waals surface area contributed by atoms with Gasteiger partial charge in [-0.3, -0.25) is 0 Å². The largest absolute Gasteiger partial charge is 0.384 e. The quantitative estimate of drug-likeness (QED) is 0.918. The van der Waals surface area contributed by atoms with Crippen LogP contribution in [0.2, 0.25) is 4.34 Å². The number of aryl methyl sites for hydroxylation is 1. The molecule has 2 rings (SSSR count). The molecule has 2 aromatic heterocycles. The predicted molar refractivity (Wildman–Crippen MR) is 76.5 cm³/mol. The van der Waals surface area contributed by atoms with Crippen LogP contribution in [0.25, 0.3) is 10.7 Å². The van der Waals surface area contributed by atoms with Gasteiger partial charge in [0.2, 0.25) is 0 Å². The van der Waals surface area contributed by atoms with Crippen LogP contribution in [-0.4, -0.2) is 9.97 Å². The third kappa shape index (κ3) is 2.97. The minimum Gasteiger partial charge on any atom is -0.384 e. The van der Waals surface area contributed by atoms with Crippen molar-refractivity contribution < 1.29 is 0 Å². The molecule has 0 radical (unpaired) electrons. The smallest absolute Gasteiger partial charge is 0.171 e. The van der Waals surface area contributed by atoms with E-state index in [0.29, 0.717) is 16.0 Å². The van der Waals surface area contributed by atoms with Gasteiger partial charge in [0, 0.05) is 16.2 Å². The number of hydrogen-bond donors (Lipinski definition) is 1. The van der Waals surface area contributed by atoms with Crippen molar-refractivity contribution in [2.75, 3.05) is 5.73 Å². The Morgan fingerprint density at radius 1 is 1.41 bits per heavy atom. The molecular formula is C11H11BrClN3S. The van der Waals surface area contributed by atoms with Crippen molar-refractivity contribution in [1.29, 1.82) is 0 Å². The highest BCUT2D eigenvalue weighted by Gasteiger charge is 2.10. The van der Waals surface area contributed by atoms with Crippen molar-refractivity contribution in [3.8, 4) is 10.7 Å². The summed E-state index contributed by atoms with van der Waals surface area (Å²) in [4.78, 5) is 9.65. The number of aromatic nitrogens is 2. The third-order valence-corrected chi connectivity index (χ3v) is 4.64. The molecule has 90 valence electrons. The maximum absolute atomic E-state index is 6.00. The number of nitrogen functional groups attached to an aromatic ring is 1. The SMILES string of the molecule is CCCc1cc(N)nc(-c2cc(Br)c(Cl)s2)n1.